The SMILES string of the molecule is O=C(NCCCNCc1ccn[nH]1)c1cccc(Br)c1. The molecule has 0 aliphatic heterocycles. The maximum Gasteiger partial charge on any atom is 0.251 e. The smallest absolute Gasteiger partial charge is 0.251 e. The van der Waals surface area contributed by atoms with Crippen molar-refractivity contribution in [2.75, 3.05) is 13.1 Å². The van der Waals surface area contributed by atoms with Crippen LogP contribution in [0.2, 0.25) is 0 Å². The summed E-state index contributed by atoms with van der Waals surface area (Å²) >= 11 is 3.35. The second-order valence-corrected chi connectivity index (χ2v) is 5.29. The lowest BCUT2D eigenvalue weighted by atomic mass is 10.2. The minimum absolute atomic E-state index is 0.0418. The van der Waals surface area contributed by atoms with Gasteiger partial charge in [-0.15, -0.1) is 0 Å². The summed E-state index contributed by atoms with van der Waals surface area (Å²) < 4.78 is 0.909. The lowest BCUT2D eigenvalue weighted by Gasteiger charge is -2.06. The van der Waals surface area contributed by atoms with Crippen LogP contribution in [-0.4, -0.2) is 29.2 Å². The van der Waals surface area contributed by atoms with Crippen molar-refractivity contribution < 1.29 is 4.79 Å². The van der Waals surface area contributed by atoms with Gasteiger partial charge in [0.2, 0.25) is 0 Å². The number of carbonyl (C=O) groups excluding carboxylic acids is 1. The highest BCUT2D eigenvalue weighted by Gasteiger charge is 2.04. The normalized spacial score (nSPS) is 10.4. The van der Waals surface area contributed by atoms with Gasteiger partial charge in [-0.05, 0) is 37.2 Å². The molecule has 0 unspecified atom stereocenters. The van der Waals surface area contributed by atoms with Crippen LogP contribution >= 0.6 is 15.9 Å². The lowest BCUT2D eigenvalue weighted by molar-refractivity contribution is 0.0953. The van der Waals surface area contributed by atoms with Crippen molar-refractivity contribution >= 4 is 21.8 Å². The molecule has 0 saturated heterocycles. The molecule has 1 aromatic carbocycles. The van der Waals surface area contributed by atoms with Crippen LogP contribution in [0.4, 0.5) is 0 Å². The van der Waals surface area contributed by atoms with E-state index in [1.54, 1.807) is 12.3 Å². The fourth-order valence-corrected chi connectivity index (χ4v) is 2.15. The molecule has 0 aliphatic carbocycles. The first-order chi connectivity index (χ1) is 9.75. The maximum absolute atomic E-state index is 11.9. The summed E-state index contributed by atoms with van der Waals surface area (Å²) in [6, 6.07) is 9.30. The molecule has 1 heterocycles. The van der Waals surface area contributed by atoms with Gasteiger partial charge in [0.15, 0.2) is 0 Å². The Morgan fingerprint density at radius 1 is 1.30 bits per heavy atom. The molecule has 0 aliphatic rings. The van der Waals surface area contributed by atoms with Crippen LogP contribution < -0.4 is 10.6 Å². The van der Waals surface area contributed by atoms with Gasteiger partial charge in [-0.3, -0.25) is 9.89 Å². The van der Waals surface area contributed by atoms with Crippen molar-refractivity contribution in [2.24, 2.45) is 0 Å². The quantitative estimate of drug-likeness (QED) is 0.678. The van der Waals surface area contributed by atoms with Gasteiger partial charge >= 0.3 is 0 Å². The first-order valence-corrected chi connectivity index (χ1v) is 7.28. The number of aromatic amines is 1. The van der Waals surface area contributed by atoms with Crippen LogP contribution in [0.5, 0.6) is 0 Å². The number of nitrogens with one attached hydrogen (secondary N) is 3. The highest BCUT2D eigenvalue weighted by Crippen LogP contribution is 2.11. The molecule has 106 valence electrons. The predicted molar refractivity (Wildman–Crippen MR) is 81.4 cm³/mol. The Labute approximate surface area is 126 Å². The third-order valence-electron chi connectivity index (χ3n) is 2.78. The van der Waals surface area contributed by atoms with E-state index in [2.05, 4.69) is 36.8 Å². The Bertz CT molecular complexity index is 542. The Balaban J connectivity index is 1.60. The summed E-state index contributed by atoms with van der Waals surface area (Å²) in [6.07, 6.45) is 2.61. The zero-order valence-corrected chi connectivity index (χ0v) is 12.6. The van der Waals surface area contributed by atoms with Crippen molar-refractivity contribution in [1.82, 2.24) is 20.8 Å². The number of halogens is 1. The monoisotopic (exact) mass is 336 g/mol. The molecule has 20 heavy (non-hydrogen) atoms. The van der Waals surface area contributed by atoms with Crippen LogP contribution in [0.3, 0.4) is 0 Å². The molecule has 0 atom stereocenters. The number of hydrogen-bond acceptors (Lipinski definition) is 3. The van der Waals surface area contributed by atoms with Gasteiger partial charge < -0.3 is 10.6 Å². The second kappa shape index (κ2) is 7.81. The number of amides is 1. The lowest BCUT2D eigenvalue weighted by Crippen LogP contribution is -2.27. The van der Waals surface area contributed by atoms with E-state index >= 15 is 0 Å². The zero-order valence-electron chi connectivity index (χ0n) is 11.0. The van der Waals surface area contributed by atoms with E-state index < -0.39 is 0 Å². The maximum atomic E-state index is 11.9. The topological polar surface area (TPSA) is 69.8 Å². The zero-order chi connectivity index (χ0) is 14.2. The molecule has 0 fully saturated rings. The van der Waals surface area contributed by atoms with E-state index in [-0.39, 0.29) is 5.91 Å². The summed E-state index contributed by atoms with van der Waals surface area (Å²) in [4.78, 5) is 11.9. The average Bonchev–Trinajstić information content (AvgIpc) is 2.95. The van der Waals surface area contributed by atoms with E-state index in [0.29, 0.717) is 12.1 Å². The number of benzene rings is 1. The van der Waals surface area contributed by atoms with E-state index in [1.807, 2.05) is 24.3 Å². The van der Waals surface area contributed by atoms with Gasteiger partial charge in [-0.2, -0.15) is 5.10 Å². The molecule has 2 rings (SSSR count). The number of rotatable bonds is 7. The summed E-state index contributed by atoms with van der Waals surface area (Å²) in [5.74, 6) is -0.0418. The molecule has 0 saturated carbocycles. The number of nitrogens with zero attached hydrogens (tertiary/aromatic N) is 1. The van der Waals surface area contributed by atoms with Crippen molar-refractivity contribution in [3.63, 3.8) is 0 Å². The largest absolute Gasteiger partial charge is 0.352 e. The molecule has 1 aromatic heterocycles. The van der Waals surface area contributed by atoms with Crippen LogP contribution in [0, 0.1) is 0 Å². The second-order valence-electron chi connectivity index (χ2n) is 4.38. The molecule has 2 aromatic rings. The molecule has 0 bridgehead atoms. The number of H-pyrrole nitrogens is 1. The van der Waals surface area contributed by atoms with Gasteiger partial charge in [0.1, 0.15) is 0 Å². The Kier molecular flexibility index (Phi) is 5.76. The fourth-order valence-electron chi connectivity index (χ4n) is 1.75. The average molecular weight is 337 g/mol. The third-order valence-corrected chi connectivity index (χ3v) is 3.27. The van der Waals surface area contributed by atoms with Crippen LogP contribution in [0.25, 0.3) is 0 Å². The van der Waals surface area contributed by atoms with Gasteiger partial charge in [-0.1, -0.05) is 22.0 Å². The summed E-state index contributed by atoms with van der Waals surface area (Å²) in [5.41, 5.74) is 1.73. The molecule has 3 N–H and O–H groups in total. The van der Waals surface area contributed by atoms with E-state index in [4.69, 9.17) is 0 Å². The van der Waals surface area contributed by atoms with Crippen molar-refractivity contribution in [3.05, 3.63) is 52.3 Å². The molecule has 5 nitrogen and oxygen atoms in total. The van der Waals surface area contributed by atoms with Crippen molar-refractivity contribution in [2.45, 2.75) is 13.0 Å². The van der Waals surface area contributed by atoms with Gasteiger partial charge in [0.05, 0.1) is 0 Å². The molecule has 6 heteroatoms. The van der Waals surface area contributed by atoms with Crippen LogP contribution in [0.1, 0.15) is 22.5 Å². The van der Waals surface area contributed by atoms with Crippen LogP contribution in [-0.2, 0) is 6.54 Å². The minimum Gasteiger partial charge on any atom is -0.352 e. The molecule has 0 spiro atoms. The van der Waals surface area contributed by atoms with E-state index in [0.717, 1.165) is 29.7 Å². The van der Waals surface area contributed by atoms with E-state index in [9.17, 15) is 4.79 Å². The van der Waals surface area contributed by atoms with E-state index in [1.165, 1.54) is 0 Å². The van der Waals surface area contributed by atoms with Crippen LogP contribution in [0.15, 0.2) is 41.0 Å². The summed E-state index contributed by atoms with van der Waals surface area (Å²) in [5, 5.41) is 12.9. The summed E-state index contributed by atoms with van der Waals surface area (Å²) in [6.45, 7) is 2.26. The molecular weight excluding hydrogens is 320 g/mol. The summed E-state index contributed by atoms with van der Waals surface area (Å²) in [7, 11) is 0. The first-order valence-electron chi connectivity index (χ1n) is 6.48. The highest BCUT2D eigenvalue weighted by molar-refractivity contribution is 9.10. The number of hydrogen-bond donors (Lipinski definition) is 3. The molecule has 1 amide bonds. The molecular formula is C14H17BrN4O. The van der Waals surface area contributed by atoms with Gasteiger partial charge in [0, 0.05) is 35.0 Å². The fraction of sp³-hybridized carbons (Fsp3) is 0.286. The predicted octanol–water partition coefficient (Wildman–Crippen LogP) is 2.08. The highest BCUT2D eigenvalue weighted by atomic mass is 79.9. The van der Waals surface area contributed by atoms with Crippen molar-refractivity contribution in [3.8, 4) is 0 Å². The number of carbonyl (C=O) groups is 1. The Morgan fingerprint density at radius 3 is 2.95 bits per heavy atom. The Hall–Kier alpha value is -1.66. The Morgan fingerprint density at radius 2 is 2.20 bits per heavy atom. The number of aromatic nitrogens is 2. The third kappa shape index (κ3) is 4.79. The van der Waals surface area contributed by atoms with Gasteiger partial charge in [0.25, 0.3) is 5.91 Å². The standard InChI is InChI=1S/C14H17BrN4O/c15-12-4-1-3-11(9-12)14(20)17-7-2-6-16-10-13-5-8-18-19-13/h1,3-5,8-9,16H,2,6-7,10H2,(H,17,20)(H,18,19). The van der Waals surface area contributed by atoms with Crippen molar-refractivity contribution in [1.29, 1.82) is 0 Å². The minimum atomic E-state index is -0.0418. The van der Waals surface area contributed by atoms with Gasteiger partial charge in [-0.25, -0.2) is 0 Å². The molecule has 0 radical (unpaired) electrons. The first kappa shape index (κ1) is 14.7.